The third-order valence-corrected chi connectivity index (χ3v) is 4.10. The number of methoxy groups -OCH3 is 1. The van der Waals surface area contributed by atoms with Crippen LogP contribution in [-0.4, -0.2) is 61.7 Å². The molecular weight excluding hydrogens is 328 g/mol. The number of amides is 2. The fraction of sp³-hybridized carbons (Fsp3) is 0.400. The molecule has 6 heteroatoms. The molecule has 0 aliphatic rings. The van der Waals surface area contributed by atoms with Crippen LogP contribution in [0.15, 0.2) is 54.9 Å². The predicted octanol–water partition coefficient (Wildman–Crippen LogP) is 2.54. The van der Waals surface area contributed by atoms with Crippen molar-refractivity contribution >= 4 is 6.03 Å². The maximum Gasteiger partial charge on any atom is 0.317 e. The fourth-order valence-corrected chi connectivity index (χ4v) is 2.58. The molecule has 1 N–H and O–H groups in total. The number of pyridine rings is 1. The molecule has 2 aromatic rings. The van der Waals surface area contributed by atoms with E-state index in [9.17, 15) is 4.79 Å². The molecular formula is C20H28N4O2. The van der Waals surface area contributed by atoms with Gasteiger partial charge in [-0.15, -0.1) is 0 Å². The number of rotatable bonds is 9. The van der Waals surface area contributed by atoms with Gasteiger partial charge in [0.2, 0.25) is 0 Å². The van der Waals surface area contributed by atoms with E-state index < -0.39 is 0 Å². The van der Waals surface area contributed by atoms with Gasteiger partial charge in [0.15, 0.2) is 0 Å². The summed E-state index contributed by atoms with van der Waals surface area (Å²) in [4.78, 5) is 20.7. The van der Waals surface area contributed by atoms with Crippen LogP contribution in [0.4, 0.5) is 4.79 Å². The molecule has 1 aromatic carbocycles. The van der Waals surface area contributed by atoms with Crippen molar-refractivity contribution in [2.24, 2.45) is 0 Å². The number of likely N-dealkylation sites (N-methyl/N-ethyl adjacent to an activating group) is 1. The van der Waals surface area contributed by atoms with Gasteiger partial charge in [0.1, 0.15) is 0 Å². The zero-order chi connectivity index (χ0) is 18.8. The minimum absolute atomic E-state index is 0.103. The number of hydrogen-bond acceptors (Lipinski definition) is 4. The number of nitrogens with one attached hydrogen (secondary N) is 1. The Bertz CT molecular complexity index is 649. The third kappa shape index (κ3) is 6.46. The van der Waals surface area contributed by atoms with Gasteiger partial charge in [-0.25, -0.2) is 4.79 Å². The zero-order valence-electron chi connectivity index (χ0n) is 15.8. The van der Waals surface area contributed by atoms with E-state index in [2.05, 4.69) is 15.2 Å². The maximum atomic E-state index is 12.7. The van der Waals surface area contributed by atoms with E-state index >= 15 is 0 Å². The van der Waals surface area contributed by atoms with Crippen LogP contribution < -0.4 is 5.32 Å². The Labute approximate surface area is 155 Å². The first kappa shape index (κ1) is 19.9. The quantitative estimate of drug-likeness (QED) is 0.750. The Morgan fingerprint density at radius 1 is 1.15 bits per heavy atom. The second kappa shape index (κ2) is 10.5. The average molecular weight is 356 g/mol. The second-order valence-corrected chi connectivity index (χ2v) is 6.41. The number of nitrogens with zero attached hydrogens (tertiary/aromatic N) is 3. The number of urea groups is 1. The van der Waals surface area contributed by atoms with Crippen molar-refractivity contribution in [3.63, 3.8) is 0 Å². The van der Waals surface area contributed by atoms with Crippen molar-refractivity contribution in [2.75, 3.05) is 40.8 Å². The summed E-state index contributed by atoms with van der Waals surface area (Å²) in [6, 6.07) is 13.7. The smallest absolute Gasteiger partial charge is 0.317 e. The van der Waals surface area contributed by atoms with Crippen molar-refractivity contribution in [2.45, 2.75) is 12.6 Å². The van der Waals surface area contributed by atoms with Crippen molar-refractivity contribution < 1.29 is 9.53 Å². The molecule has 0 spiro atoms. The highest BCUT2D eigenvalue weighted by molar-refractivity contribution is 5.74. The molecule has 0 bridgehead atoms. The Hall–Kier alpha value is -2.44. The largest absolute Gasteiger partial charge is 0.375 e. The molecule has 0 radical (unpaired) electrons. The Balaban J connectivity index is 1.98. The van der Waals surface area contributed by atoms with Crippen LogP contribution in [0, 0.1) is 0 Å². The van der Waals surface area contributed by atoms with Crippen LogP contribution in [0.3, 0.4) is 0 Å². The predicted molar refractivity (Wildman–Crippen MR) is 103 cm³/mol. The topological polar surface area (TPSA) is 57.7 Å². The Morgan fingerprint density at radius 2 is 1.92 bits per heavy atom. The molecule has 6 nitrogen and oxygen atoms in total. The van der Waals surface area contributed by atoms with Gasteiger partial charge in [-0.3, -0.25) is 4.98 Å². The van der Waals surface area contributed by atoms with E-state index in [1.165, 1.54) is 0 Å². The molecule has 1 atom stereocenters. The normalized spacial score (nSPS) is 12.0. The molecule has 0 aliphatic heterocycles. The lowest BCUT2D eigenvalue weighted by Gasteiger charge is -2.26. The molecule has 1 heterocycles. The molecule has 0 fully saturated rings. The summed E-state index contributed by atoms with van der Waals surface area (Å²) in [5.74, 6) is 0. The van der Waals surface area contributed by atoms with E-state index in [0.29, 0.717) is 19.6 Å². The van der Waals surface area contributed by atoms with E-state index in [1.807, 2.05) is 56.6 Å². The van der Waals surface area contributed by atoms with Crippen molar-refractivity contribution in [3.05, 3.63) is 66.0 Å². The summed E-state index contributed by atoms with van der Waals surface area (Å²) in [6.45, 7) is 2.37. The number of aromatic nitrogens is 1. The first-order valence-electron chi connectivity index (χ1n) is 8.74. The first-order chi connectivity index (χ1) is 12.6. The van der Waals surface area contributed by atoms with Crippen LogP contribution in [0.1, 0.15) is 17.2 Å². The lowest BCUT2D eigenvalue weighted by Crippen LogP contribution is -2.44. The molecule has 1 aromatic heterocycles. The van der Waals surface area contributed by atoms with Crippen LogP contribution in [-0.2, 0) is 11.3 Å². The summed E-state index contributed by atoms with van der Waals surface area (Å²) in [7, 11) is 5.65. The molecule has 140 valence electrons. The van der Waals surface area contributed by atoms with E-state index in [1.54, 1.807) is 24.4 Å². The number of carbonyl (C=O) groups is 1. The van der Waals surface area contributed by atoms with Gasteiger partial charge in [0.05, 0.1) is 6.10 Å². The molecule has 0 saturated carbocycles. The summed E-state index contributed by atoms with van der Waals surface area (Å²) in [6.07, 6.45) is 3.35. The summed E-state index contributed by atoms with van der Waals surface area (Å²) in [5, 5.41) is 3.00. The lowest BCUT2D eigenvalue weighted by molar-refractivity contribution is 0.101. The van der Waals surface area contributed by atoms with Crippen molar-refractivity contribution in [1.29, 1.82) is 0 Å². The monoisotopic (exact) mass is 356 g/mol. The van der Waals surface area contributed by atoms with E-state index in [0.717, 1.165) is 17.7 Å². The van der Waals surface area contributed by atoms with Gasteiger partial charge < -0.3 is 19.9 Å². The van der Waals surface area contributed by atoms with Crippen LogP contribution in [0.2, 0.25) is 0 Å². The summed E-state index contributed by atoms with van der Waals surface area (Å²) in [5.41, 5.74) is 2.05. The van der Waals surface area contributed by atoms with Crippen molar-refractivity contribution in [1.82, 2.24) is 20.1 Å². The van der Waals surface area contributed by atoms with Crippen LogP contribution >= 0.6 is 0 Å². The minimum atomic E-state index is -0.172. The van der Waals surface area contributed by atoms with Gasteiger partial charge in [-0.1, -0.05) is 36.4 Å². The third-order valence-electron chi connectivity index (χ3n) is 4.10. The molecule has 2 rings (SSSR count). The van der Waals surface area contributed by atoms with Crippen LogP contribution in [0.25, 0.3) is 0 Å². The number of carbonyl (C=O) groups excluding carboxylic acids is 1. The van der Waals surface area contributed by atoms with E-state index in [-0.39, 0.29) is 12.1 Å². The highest BCUT2D eigenvalue weighted by atomic mass is 16.5. The van der Waals surface area contributed by atoms with Crippen molar-refractivity contribution in [3.8, 4) is 0 Å². The van der Waals surface area contributed by atoms with Gasteiger partial charge in [0.25, 0.3) is 0 Å². The standard InChI is InChI=1S/C20H28N4O2/c1-23(2)12-13-24(16-17-8-7-11-21-14-17)20(25)22-15-19(26-3)18-9-5-4-6-10-18/h4-11,14,19H,12-13,15-16H2,1-3H3,(H,22,25). The SMILES string of the molecule is COC(CNC(=O)N(CCN(C)C)Cc1cccnc1)c1ccccc1. The second-order valence-electron chi connectivity index (χ2n) is 6.41. The van der Waals surface area contributed by atoms with Gasteiger partial charge >= 0.3 is 6.03 Å². The highest BCUT2D eigenvalue weighted by Crippen LogP contribution is 2.15. The number of hydrogen-bond donors (Lipinski definition) is 1. The Morgan fingerprint density at radius 3 is 2.54 bits per heavy atom. The molecule has 26 heavy (non-hydrogen) atoms. The zero-order valence-corrected chi connectivity index (χ0v) is 15.8. The molecule has 0 aliphatic carbocycles. The lowest BCUT2D eigenvalue weighted by atomic mass is 10.1. The maximum absolute atomic E-state index is 12.7. The highest BCUT2D eigenvalue weighted by Gasteiger charge is 2.17. The minimum Gasteiger partial charge on any atom is -0.375 e. The molecule has 2 amide bonds. The summed E-state index contributed by atoms with van der Waals surface area (Å²) < 4.78 is 5.53. The van der Waals surface area contributed by atoms with Crippen LogP contribution in [0.5, 0.6) is 0 Å². The van der Waals surface area contributed by atoms with Gasteiger partial charge in [-0.05, 0) is 31.3 Å². The molecule has 1 unspecified atom stereocenters. The van der Waals surface area contributed by atoms with Gasteiger partial charge in [-0.2, -0.15) is 0 Å². The fourth-order valence-electron chi connectivity index (χ4n) is 2.58. The average Bonchev–Trinajstić information content (AvgIpc) is 2.67. The Kier molecular flexibility index (Phi) is 8.05. The first-order valence-corrected chi connectivity index (χ1v) is 8.74. The number of ether oxygens (including phenoxy) is 1. The number of benzene rings is 1. The molecule has 0 saturated heterocycles. The van der Waals surface area contributed by atoms with E-state index in [4.69, 9.17) is 4.74 Å². The summed E-state index contributed by atoms with van der Waals surface area (Å²) >= 11 is 0. The van der Waals surface area contributed by atoms with Gasteiger partial charge in [0, 0.05) is 45.7 Å².